The first-order valence-corrected chi connectivity index (χ1v) is 8.16. The number of esters is 1. The summed E-state index contributed by atoms with van der Waals surface area (Å²) < 4.78 is 4.70. The summed E-state index contributed by atoms with van der Waals surface area (Å²) in [5.41, 5.74) is 2.11. The summed E-state index contributed by atoms with van der Waals surface area (Å²) in [4.78, 5) is 12.7. The Morgan fingerprint density at radius 3 is 2.36 bits per heavy atom. The molecule has 2 aromatic rings. The van der Waals surface area contributed by atoms with Gasteiger partial charge in [0, 0.05) is 16.3 Å². The highest BCUT2D eigenvalue weighted by Crippen LogP contribution is 2.19. The standard InChI is InChI=1S/C16H16N2O2S2/c1-20-15(19)11-5-3-6-12(9-11)17-16(21)18-13-7-4-8-14(10-13)22-2/h3-10H,1-2H3,(H2,17,18,21). The summed E-state index contributed by atoms with van der Waals surface area (Å²) in [7, 11) is 1.35. The molecule has 6 heteroatoms. The summed E-state index contributed by atoms with van der Waals surface area (Å²) in [6.45, 7) is 0. The van der Waals surface area contributed by atoms with Crippen LogP contribution < -0.4 is 10.6 Å². The molecule has 0 aliphatic carbocycles. The number of thiocarbonyl (C=S) groups is 1. The van der Waals surface area contributed by atoms with Gasteiger partial charge in [-0.25, -0.2) is 4.79 Å². The van der Waals surface area contributed by atoms with Gasteiger partial charge in [-0.05, 0) is 54.9 Å². The minimum Gasteiger partial charge on any atom is -0.465 e. The number of thioether (sulfide) groups is 1. The molecular weight excluding hydrogens is 316 g/mol. The van der Waals surface area contributed by atoms with Gasteiger partial charge >= 0.3 is 5.97 Å². The average Bonchev–Trinajstić information content (AvgIpc) is 2.54. The number of anilines is 2. The Hall–Kier alpha value is -2.05. The first-order chi connectivity index (χ1) is 10.6. The number of ether oxygens (including phenoxy) is 1. The van der Waals surface area contributed by atoms with Gasteiger partial charge in [0.2, 0.25) is 0 Å². The normalized spacial score (nSPS) is 9.91. The highest BCUT2D eigenvalue weighted by atomic mass is 32.2. The fourth-order valence-corrected chi connectivity index (χ4v) is 2.53. The molecule has 0 aliphatic heterocycles. The van der Waals surface area contributed by atoms with Crippen LogP contribution >= 0.6 is 24.0 Å². The van der Waals surface area contributed by atoms with E-state index in [1.165, 1.54) is 7.11 Å². The number of hydrogen-bond acceptors (Lipinski definition) is 4. The van der Waals surface area contributed by atoms with Crippen molar-refractivity contribution >= 4 is 46.4 Å². The molecule has 0 radical (unpaired) electrons. The molecule has 2 aromatic carbocycles. The van der Waals surface area contributed by atoms with E-state index < -0.39 is 0 Å². The zero-order chi connectivity index (χ0) is 15.9. The SMILES string of the molecule is COC(=O)c1cccc(NC(=S)Nc2cccc(SC)c2)c1. The molecule has 0 saturated heterocycles. The van der Waals surface area contributed by atoms with E-state index in [4.69, 9.17) is 17.0 Å². The molecule has 0 heterocycles. The molecule has 0 spiro atoms. The topological polar surface area (TPSA) is 50.4 Å². The molecule has 0 amide bonds. The molecule has 2 N–H and O–H groups in total. The highest BCUT2D eigenvalue weighted by Gasteiger charge is 2.06. The summed E-state index contributed by atoms with van der Waals surface area (Å²) in [5.74, 6) is -0.379. The fraction of sp³-hybridized carbons (Fsp3) is 0.125. The molecule has 0 saturated carbocycles. The van der Waals surface area contributed by atoms with Crippen molar-refractivity contribution in [3.8, 4) is 0 Å². The minimum atomic E-state index is -0.379. The zero-order valence-corrected chi connectivity index (χ0v) is 13.9. The van der Waals surface area contributed by atoms with Gasteiger partial charge in [-0.1, -0.05) is 12.1 Å². The number of benzene rings is 2. The van der Waals surface area contributed by atoms with E-state index >= 15 is 0 Å². The molecule has 2 rings (SSSR count). The van der Waals surface area contributed by atoms with Gasteiger partial charge in [-0.3, -0.25) is 0 Å². The van der Waals surface area contributed by atoms with Crippen LogP contribution in [-0.4, -0.2) is 24.4 Å². The summed E-state index contributed by atoms with van der Waals surface area (Å²) in [5, 5.41) is 6.63. The zero-order valence-electron chi connectivity index (χ0n) is 12.3. The van der Waals surface area contributed by atoms with E-state index in [9.17, 15) is 4.79 Å². The Kier molecular flexibility index (Phi) is 5.80. The van der Waals surface area contributed by atoms with Crippen LogP contribution in [0.5, 0.6) is 0 Å². The van der Waals surface area contributed by atoms with Gasteiger partial charge in [0.05, 0.1) is 12.7 Å². The number of carbonyl (C=O) groups is 1. The molecule has 0 aromatic heterocycles. The maximum Gasteiger partial charge on any atom is 0.337 e. The lowest BCUT2D eigenvalue weighted by Crippen LogP contribution is -2.19. The van der Waals surface area contributed by atoms with E-state index in [0.717, 1.165) is 16.3 Å². The van der Waals surface area contributed by atoms with E-state index in [1.54, 1.807) is 30.0 Å². The predicted molar refractivity (Wildman–Crippen MR) is 95.8 cm³/mol. The van der Waals surface area contributed by atoms with Gasteiger partial charge in [-0.2, -0.15) is 0 Å². The number of carbonyl (C=O) groups excluding carboxylic acids is 1. The van der Waals surface area contributed by atoms with Gasteiger partial charge < -0.3 is 15.4 Å². The smallest absolute Gasteiger partial charge is 0.337 e. The van der Waals surface area contributed by atoms with Crippen molar-refractivity contribution in [2.24, 2.45) is 0 Å². The van der Waals surface area contributed by atoms with Crippen molar-refractivity contribution in [2.75, 3.05) is 24.0 Å². The van der Waals surface area contributed by atoms with Crippen LogP contribution in [-0.2, 0) is 4.74 Å². The van der Waals surface area contributed by atoms with Gasteiger partial charge in [-0.15, -0.1) is 11.8 Å². The monoisotopic (exact) mass is 332 g/mol. The second kappa shape index (κ2) is 7.82. The van der Waals surface area contributed by atoms with Crippen LogP contribution in [0.1, 0.15) is 10.4 Å². The first-order valence-electron chi connectivity index (χ1n) is 6.53. The lowest BCUT2D eigenvalue weighted by Gasteiger charge is -2.12. The maximum atomic E-state index is 11.5. The molecule has 0 bridgehead atoms. The first kappa shape index (κ1) is 16.3. The van der Waals surface area contributed by atoms with Crippen molar-refractivity contribution in [1.82, 2.24) is 0 Å². The van der Waals surface area contributed by atoms with Crippen molar-refractivity contribution in [2.45, 2.75) is 4.90 Å². The summed E-state index contributed by atoms with van der Waals surface area (Å²) >= 11 is 6.96. The quantitative estimate of drug-likeness (QED) is 0.501. The molecule has 22 heavy (non-hydrogen) atoms. The van der Waals surface area contributed by atoms with Gasteiger partial charge in [0.25, 0.3) is 0 Å². The number of rotatable bonds is 4. The Morgan fingerprint density at radius 1 is 1.09 bits per heavy atom. The number of nitrogens with one attached hydrogen (secondary N) is 2. The molecule has 0 unspecified atom stereocenters. The second-order valence-corrected chi connectivity index (χ2v) is 5.67. The summed E-state index contributed by atoms with van der Waals surface area (Å²) in [6, 6.07) is 14.9. The predicted octanol–water partition coefficient (Wildman–Crippen LogP) is 4.00. The average molecular weight is 332 g/mol. The maximum absolute atomic E-state index is 11.5. The Morgan fingerprint density at radius 2 is 1.73 bits per heavy atom. The largest absolute Gasteiger partial charge is 0.465 e. The van der Waals surface area contributed by atoms with E-state index in [0.29, 0.717) is 10.7 Å². The van der Waals surface area contributed by atoms with Crippen LogP contribution in [0.3, 0.4) is 0 Å². The van der Waals surface area contributed by atoms with Crippen molar-refractivity contribution in [3.63, 3.8) is 0 Å². The van der Waals surface area contributed by atoms with Gasteiger partial charge in [0.1, 0.15) is 0 Å². The molecule has 114 valence electrons. The molecular formula is C16H16N2O2S2. The number of hydrogen-bond donors (Lipinski definition) is 2. The Labute approximate surface area is 139 Å². The van der Waals surface area contributed by atoms with Crippen molar-refractivity contribution in [1.29, 1.82) is 0 Å². The fourth-order valence-electron chi connectivity index (χ4n) is 1.84. The Balaban J connectivity index is 2.04. The molecule has 0 aliphatic rings. The Bertz CT molecular complexity index is 689. The van der Waals surface area contributed by atoms with Crippen LogP contribution in [0.2, 0.25) is 0 Å². The van der Waals surface area contributed by atoms with E-state index in [-0.39, 0.29) is 5.97 Å². The van der Waals surface area contributed by atoms with Crippen LogP contribution in [0, 0.1) is 0 Å². The third-order valence-electron chi connectivity index (χ3n) is 2.87. The lowest BCUT2D eigenvalue weighted by molar-refractivity contribution is 0.0601. The van der Waals surface area contributed by atoms with Crippen molar-refractivity contribution < 1.29 is 9.53 Å². The molecule has 4 nitrogen and oxygen atoms in total. The molecule has 0 fully saturated rings. The van der Waals surface area contributed by atoms with E-state index in [1.807, 2.05) is 36.6 Å². The van der Waals surface area contributed by atoms with Crippen LogP contribution in [0.15, 0.2) is 53.4 Å². The van der Waals surface area contributed by atoms with Gasteiger partial charge in [0.15, 0.2) is 5.11 Å². The van der Waals surface area contributed by atoms with E-state index in [2.05, 4.69) is 10.6 Å². The molecule has 0 atom stereocenters. The summed E-state index contributed by atoms with van der Waals surface area (Å²) in [6.07, 6.45) is 2.02. The van der Waals surface area contributed by atoms with Crippen LogP contribution in [0.4, 0.5) is 11.4 Å². The highest BCUT2D eigenvalue weighted by molar-refractivity contribution is 7.98. The number of methoxy groups -OCH3 is 1. The van der Waals surface area contributed by atoms with Crippen LogP contribution in [0.25, 0.3) is 0 Å². The minimum absolute atomic E-state index is 0.379. The lowest BCUT2D eigenvalue weighted by atomic mass is 10.2. The second-order valence-electron chi connectivity index (χ2n) is 4.38. The third-order valence-corrected chi connectivity index (χ3v) is 3.80. The van der Waals surface area contributed by atoms with Crippen molar-refractivity contribution in [3.05, 3.63) is 54.1 Å². The third kappa shape index (κ3) is 4.47.